The molecule has 1 fully saturated rings. The van der Waals surface area contributed by atoms with Crippen LogP contribution in [0.2, 0.25) is 0 Å². The Balaban J connectivity index is 2.63. The van der Waals surface area contributed by atoms with Crippen LogP contribution in [0.25, 0.3) is 0 Å². The summed E-state index contributed by atoms with van der Waals surface area (Å²) in [6, 6.07) is 0. The average Bonchev–Trinajstić information content (AvgIpc) is 2.19. The van der Waals surface area contributed by atoms with E-state index < -0.39 is 30.5 Å². The van der Waals surface area contributed by atoms with Gasteiger partial charge in [-0.25, -0.2) is 0 Å². The summed E-state index contributed by atoms with van der Waals surface area (Å²) in [5, 5.41) is 37.2. The van der Waals surface area contributed by atoms with E-state index >= 15 is 0 Å². The third-order valence-electron chi connectivity index (χ3n) is 2.48. The van der Waals surface area contributed by atoms with E-state index in [2.05, 4.69) is 5.73 Å². The van der Waals surface area contributed by atoms with Gasteiger partial charge >= 0.3 is 0 Å². The monoisotopic (exact) mass is 208 g/mol. The first-order chi connectivity index (χ1) is 6.61. The molecule has 5 unspecified atom stereocenters. The second-order valence-corrected chi connectivity index (χ2v) is 3.51. The van der Waals surface area contributed by atoms with Crippen molar-refractivity contribution < 1.29 is 30.9 Å². The Hall–Kier alpha value is -0.240. The van der Waals surface area contributed by atoms with Gasteiger partial charge in [0.2, 0.25) is 0 Å². The molecule has 0 aromatic carbocycles. The molecule has 84 valence electrons. The molecule has 6 heteroatoms. The van der Waals surface area contributed by atoms with Gasteiger partial charge in [-0.15, -0.1) is 0 Å². The fourth-order valence-corrected chi connectivity index (χ4v) is 1.62. The van der Waals surface area contributed by atoms with Crippen LogP contribution in [0.1, 0.15) is 6.42 Å². The quantitative estimate of drug-likeness (QED) is 0.329. The minimum Gasteiger partial charge on any atom is -0.394 e. The predicted octanol–water partition coefficient (Wildman–Crippen LogP) is -3.54. The van der Waals surface area contributed by atoms with Gasteiger partial charge in [0.25, 0.3) is 0 Å². The molecule has 6 nitrogen and oxygen atoms in total. The topological polar surface area (TPSA) is 118 Å². The summed E-state index contributed by atoms with van der Waals surface area (Å²) in [5.74, 6) is 0. The molecule has 0 aliphatic carbocycles. The van der Waals surface area contributed by atoms with Gasteiger partial charge in [-0.05, 0) is 0 Å². The second kappa shape index (κ2) is 5.01. The first kappa shape index (κ1) is 11.8. The Morgan fingerprint density at radius 3 is 2.07 bits per heavy atom. The lowest BCUT2D eigenvalue weighted by molar-refractivity contribution is -0.375. The lowest BCUT2D eigenvalue weighted by Crippen LogP contribution is -2.61. The lowest BCUT2D eigenvalue weighted by Gasteiger charge is -2.39. The van der Waals surface area contributed by atoms with Crippen molar-refractivity contribution >= 4 is 0 Å². The van der Waals surface area contributed by atoms with Gasteiger partial charge in [0.05, 0.1) is 19.3 Å². The van der Waals surface area contributed by atoms with Crippen molar-refractivity contribution in [2.24, 2.45) is 0 Å². The fourth-order valence-electron chi connectivity index (χ4n) is 1.62. The van der Waals surface area contributed by atoms with Crippen LogP contribution in [0.5, 0.6) is 0 Å². The Morgan fingerprint density at radius 2 is 1.57 bits per heavy atom. The number of hydrogen-bond acceptors (Lipinski definition) is 5. The van der Waals surface area contributed by atoms with Gasteiger partial charge in [-0.1, -0.05) is 0 Å². The van der Waals surface area contributed by atoms with E-state index in [1.165, 1.54) is 0 Å². The number of quaternary nitrogens is 1. The molecule has 1 heterocycles. The highest BCUT2D eigenvalue weighted by Gasteiger charge is 2.42. The summed E-state index contributed by atoms with van der Waals surface area (Å²) >= 11 is 0. The van der Waals surface area contributed by atoms with Crippen molar-refractivity contribution in [1.82, 2.24) is 0 Å². The standard InChI is InChI=1S/C8H17NO5/c9-2-1-4-6(11)8(13)7(12)5(3-10)14-4/h4-8,10-13H,1-3,9H2/p+1. The van der Waals surface area contributed by atoms with Crippen molar-refractivity contribution in [3.63, 3.8) is 0 Å². The lowest BCUT2D eigenvalue weighted by atomic mass is 9.94. The van der Waals surface area contributed by atoms with Crippen molar-refractivity contribution in [3.8, 4) is 0 Å². The minimum absolute atomic E-state index is 0.376. The van der Waals surface area contributed by atoms with E-state index in [4.69, 9.17) is 9.84 Å². The van der Waals surface area contributed by atoms with Gasteiger partial charge in [-0.3, -0.25) is 0 Å². The largest absolute Gasteiger partial charge is 0.394 e. The van der Waals surface area contributed by atoms with E-state index in [-0.39, 0.29) is 6.61 Å². The number of aliphatic hydroxyl groups is 4. The first-order valence-electron chi connectivity index (χ1n) is 4.71. The Kier molecular flexibility index (Phi) is 4.24. The zero-order valence-corrected chi connectivity index (χ0v) is 7.91. The highest BCUT2D eigenvalue weighted by Crippen LogP contribution is 2.22. The summed E-state index contributed by atoms with van der Waals surface area (Å²) in [6.45, 7) is 0.182. The van der Waals surface area contributed by atoms with E-state index in [1.54, 1.807) is 0 Å². The molecule has 14 heavy (non-hydrogen) atoms. The van der Waals surface area contributed by atoms with Gasteiger partial charge in [0.1, 0.15) is 24.4 Å². The first-order valence-corrected chi connectivity index (χ1v) is 4.71. The molecule has 0 radical (unpaired) electrons. The molecular weight excluding hydrogens is 190 g/mol. The summed E-state index contributed by atoms with van der Waals surface area (Å²) in [4.78, 5) is 0. The molecule has 0 aromatic heterocycles. The van der Waals surface area contributed by atoms with Crippen molar-refractivity contribution in [3.05, 3.63) is 0 Å². The Labute approximate surface area is 81.9 Å². The molecule has 1 saturated heterocycles. The van der Waals surface area contributed by atoms with E-state index in [9.17, 15) is 15.3 Å². The molecule has 0 aromatic rings. The number of aliphatic hydroxyl groups excluding tert-OH is 4. The third-order valence-corrected chi connectivity index (χ3v) is 2.48. The highest BCUT2D eigenvalue weighted by molar-refractivity contribution is 4.91. The molecule has 0 amide bonds. The number of rotatable bonds is 3. The SMILES string of the molecule is [NH3+]CCC1OC(CO)C(O)C(O)C1O. The summed E-state index contributed by atoms with van der Waals surface area (Å²) in [6.07, 6.45) is -4.53. The van der Waals surface area contributed by atoms with Gasteiger partial charge in [-0.2, -0.15) is 0 Å². The molecule has 1 aliphatic heterocycles. The zero-order valence-electron chi connectivity index (χ0n) is 7.91. The molecule has 0 saturated carbocycles. The predicted molar refractivity (Wildman–Crippen MR) is 46.1 cm³/mol. The summed E-state index contributed by atoms with van der Waals surface area (Å²) in [7, 11) is 0. The molecule has 0 spiro atoms. The van der Waals surface area contributed by atoms with Crippen LogP contribution in [0.3, 0.4) is 0 Å². The molecule has 0 bridgehead atoms. The third kappa shape index (κ3) is 2.22. The van der Waals surface area contributed by atoms with E-state index in [1.807, 2.05) is 0 Å². The maximum absolute atomic E-state index is 9.51. The van der Waals surface area contributed by atoms with Crippen molar-refractivity contribution in [2.45, 2.75) is 36.9 Å². The normalized spacial score (nSPS) is 43.9. The molecule has 7 N–H and O–H groups in total. The van der Waals surface area contributed by atoms with Crippen molar-refractivity contribution in [2.75, 3.05) is 13.2 Å². The number of ether oxygens (including phenoxy) is 1. The maximum Gasteiger partial charge on any atom is 0.111 e. The van der Waals surface area contributed by atoms with Gasteiger partial charge in [0.15, 0.2) is 0 Å². The highest BCUT2D eigenvalue weighted by atomic mass is 16.5. The van der Waals surface area contributed by atoms with Crippen LogP contribution in [0.4, 0.5) is 0 Å². The molecule has 1 rings (SSSR count). The van der Waals surface area contributed by atoms with Gasteiger partial charge < -0.3 is 30.9 Å². The zero-order chi connectivity index (χ0) is 10.7. The molecular formula is C8H18NO5+. The summed E-state index contributed by atoms with van der Waals surface area (Å²) < 4.78 is 5.22. The Morgan fingerprint density at radius 1 is 1.00 bits per heavy atom. The minimum atomic E-state index is -1.27. The summed E-state index contributed by atoms with van der Waals surface area (Å²) in [5.41, 5.74) is 3.61. The van der Waals surface area contributed by atoms with Crippen LogP contribution in [-0.4, -0.2) is 64.1 Å². The molecule has 5 atom stereocenters. The van der Waals surface area contributed by atoms with Crippen LogP contribution in [-0.2, 0) is 4.74 Å². The van der Waals surface area contributed by atoms with Crippen LogP contribution < -0.4 is 5.73 Å². The van der Waals surface area contributed by atoms with Crippen molar-refractivity contribution in [1.29, 1.82) is 0 Å². The van der Waals surface area contributed by atoms with Crippen LogP contribution in [0.15, 0.2) is 0 Å². The fraction of sp³-hybridized carbons (Fsp3) is 1.00. The van der Waals surface area contributed by atoms with Crippen LogP contribution >= 0.6 is 0 Å². The second-order valence-electron chi connectivity index (χ2n) is 3.51. The Bertz CT molecular complexity index is 175. The number of hydrogen-bond donors (Lipinski definition) is 5. The maximum atomic E-state index is 9.51. The average molecular weight is 208 g/mol. The van der Waals surface area contributed by atoms with Gasteiger partial charge in [0, 0.05) is 6.42 Å². The smallest absolute Gasteiger partial charge is 0.111 e. The van der Waals surface area contributed by atoms with E-state index in [0.29, 0.717) is 13.0 Å². The van der Waals surface area contributed by atoms with Crippen LogP contribution in [0, 0.1) is 0 Å². The molecule has 1 aliphatic rings. The van der Waals surface area contributed by atoms with E-state index in [0.717, 1.165) is 0 Å².